The van der Waals surface area contributed by atoms with Gasteiger partial charge in [-0.1, -0.05) is 0 Å². The van der Waals surface area contributed by atoms with E-state index in [2.05, 4.69) is 21.0 Å². The molecular weight excluding hydrogens is 338 g/mol. The molecule has 1 N–H and O–H groups in total. The minimum atomic E-state index is -3.05. The zero-order valence-corrected chi connectivity index (χ0v) is 16.3. The van der Waals surface area contributed by atoms with Crippen molar-refractivity contribution in [3.63, 3.8) is 0 Å². The first kappa shape index (κ1) is 18.2. The predicted octanol–water partition coefficient (Wildman–Crippen LogP) is 1.19. The average molecular weight is 368 g/mol. The fraction of sp³-hybridized carbons (Fsp3) is 0.765. The molecule has 7 nitrogen and oxygen atoms in total. The molecule has 25 heavy (non-hydrogen) atoms. The molecule has 0 unspecified atom stereocenters. The van der Waals surface area contributed by atoms with Crippen LogP contribution in [0.15, 0.2) is 11.2 Å². The van der Waals surface area contributed by atoms with E-state index >= 15 is 0 Å². The van der Waals surface area contributed by atoms with Gasteiger partial charge in [0.05, 0.1) is 22.7 Å². The zero-order chi connectivity index (χ0) is 18.1. The van der Waals surface area contributed by atoms with Gasteiger partial charge in [-0.05, 0) is 33.6 Å². The number of aromatic nitrogens is 2. The van der Waals surface area contributed by atoms with E-state index in [1.165, 1.54) is 12.8 Å². The number of guanidine groups is 1. The van der Waals surface area contributed by atoms with Crippen LogP contribution in [0.25, 0.3) is 0 Å². The molecule has 0 aliphatic carbocycles. The van der Waals surface area contributed by atoms with E-state index in [9.17, 15) is 8.42 Å². The Bertz CT molecular complexity index is 728. The summed E-state index contributed by atoms with van der Waals surface area (Å²) in [5, 5.41) is 3.30. The number of aliphatic imine (C=N–C) groups is 1. The van der Waals surface area contributed by atoms with Gasteiger partial charge in [0.25, 0.3) is 0 Å². The van der Waals surface area contributed by atoms with Crippen LogP contribution >= 0.6 is 0 Å². The lowest BCUT2D eigenvalue weighted by molar-refractivity contribution is 0.353. The Hall–Kier alpha value is -1.57. The lowest BCUT2D eigenvalue weighted by Crippen LogP contribution is -2.57. The fourth-order valence-corrected chi connectivity index (χ4v) is 4.82. The maximum absolute atomic E-state index is 12.2. The molecule has 0 saturated carbocycles. The highest BCUT2D eigenvalue weighted by Crippen LogP contribution is 2.24. The highest BCUT2D eigenvalue weighted by Gasteiger charge is 2.40. The van der Waals surface area contributed by atoms with Crippen molar-refractivity contribution in [2.24, 2.45) is 4.99 Å². The number of nitrogens with zero attached hydrogens (tertiary/aromatic N) is 4. The molecule has 1 fully saturated rings. The highest BCUT2D eigenvalue weighted by molar-refractivity contribution is 7.92. The molecule has 1 aromatic rings. The van der Waals surface area contributed by atoms with Gasteiger partial charge >= 0.3 is 0 Å². The van der Waals surface area contributed by atoms with E-state index in [1.807, 2.05) is 6.92 Å². The second kappa shape index (κ2) is 6.97. The quantitative estimate of drug-likeness (QED) is 0.641. The molecule has 0 amide bonds. The van der Waals surface area contributed by atoms with Crippen LogP contribution in [0.2, 0.25) is 0 Å². The first-order valence-electron chi connectivity index (χ1n) is 9.13. The van der Waals surface area contributed by atoms with Crippen molar-refractivity contribution in [1.82, 2.24) is 19.8 Å². The summed E-state index contributed by atoms with van der Waals surface area (Å²) in [6.45, 7) is 8.87. The van der Waals surface area contributed by atoms with Crippen LogP contribution in [0, 0.1) is 0 Å². The van der Waals surface area contributed by atoms with E-state index < -0.39 is 14.6 Å². The van der Waals surface area contributed by atoms with Gasteiger partial charge in [0, 0.05) is 38.8 Å². The third-order valence-electron chi connectivity index (χ3n) is 5.03. The normalized spacial score (nSPS) is 22.5. The molecular formula is C17H29N5O2S. The van der Waals surface area contributed by atoms with Crippen LogP contribution < -0.4 is 5.32 Å². The standard InChI is InChI=1S/C17H29N5O2S/c1-4-18-16(22-9-10-25(23,24)17(2,3)13-22)19-11-14-12-21-8-6-5-7-15(21)20-14/h12H,4-11,13H2,1-3H3,(H,18,19). The summed E-state index contributed by atoms with van der Waals surface area (Å²) in [5.41, 5.74) is 0.983. The predicted molar refractivity (Wildman–Crippen MR) is 99.4 cm³/mol. The Kier molecular flexibility index (Phi) is 5.09. The van der Waals surface area contributed by atoms with E-state index in [4.69, 9.17) is 9.98 Å². The minimum absolute atomic E-state index is 0.170. The molecule has 0 bridgehead atoms. The molecule has 0 spiro atoms. The number of imidazole rings is 1. The van der Waals surface area contributed by atoms with Crippen molar-refractivity contribution in [1.29, 1.82) is 0 Å². The number of rotatable bonds is 3. The smallest absolute Gasteiger partial charge is 0.194 e. The Morgan fingerprint density at radius 1 is 1.36 bits per heavy atom. The summed E-state index contributed by atoms with van der Waals surface area (Å²) in [7, 11) is -3.05. The van der Waals surface area contributed by atoms with Crippen LogP contribution in [0.1, 0.15) is 45.1 Å². The van der Waals surface area contributed by atoms with Crippen molar-refractivity contribution < 1.29 is 8.42 Å². The third kappa shape index (κ3) is 3.83. The van der Waals surface area contributed by atoms with Crippen LogP contribution in [0.5, 0.6) is 0 Å². The lowest BCUT2D eigenvalue weighted by Gasteiger charge is -2.39. The van der Waals surface area contributed by atoms with Gasteiger partial charge in [-0.15, -0.1) is 0 Å². The molecule has 0 atom stereocenters. The number of aryl methyl sites for hydroxylation is 2. The van der Waals surface area contributed by atoms with Gasteiger partial charge in [-0.2, -0.15) is 0 Å². The molecule has 140 valence electrons. The Morgan fingerprint density at radius 2 is 2.16 bits per heavy atom. The maximum Gasteiger partial charge on any atom is 0.194 e. The molecule has 2 aliphatic rings. The summed E-state index contributed by atoms with van der Waals surface area (Å²) in [6.07, 6.45) is 5.57. The van der Waals surface area contributed by atoms with Gasteiger partial charge in [0.1, 0.15) is 5.82 Å². The number of fused-ring (bicyclic) bond motifs is 1. The summed E-state index contributed by atoms with van der Waals surface area (Å²) >= 11 is 0. The lowest BCUT2D eigenvalue weighted by atomic mass is 10.2. The van der Waals surface area contributed by atoms with Crippen LogP contribution in [-0.4, -0.2) is 59.0 Å². The second-order valence-electron chi connectivity index (χ2n) is 7.47. The van der Waals surface area contributed by atoms with E-state index in [-0.39, 0.29) is 5.75 Å². The highest BCUT2D eigenvalue weighted by atomic mass is 32.2. The van der Waals surface area contributed by atoms with Gasteiger partial charge in [0.15, 0.2) is 15.8 Å². The average Bonchev–Trinajstić information content (AvgIpc) is 2.97. The van der Waals surface area contributed by atoms with Crippen molar-refractivity contribution in [3.8, 4) is 0 Å². The maximum atomic E-state index is 12.2. The SMILES string of the molecule is CCNC(=NCc1cn2c(n1)CCCC2)N1CCS(=O)(=O)C(C)(C)C1. The number of hydrogen-bond donors (Lipinski definition) is 1. The van der Waals surface area contributed by atoms with Gasteiger partial charge in [-0.25, -0.2) is 18.4 Å². The number of nitrogens with one attached hydrogen (secondary N) is 1. The number of hydrogen-bond acceptors (Lipinski definition) is 4. The topological polar surface area (TPSA) is 79.6 Å². The summed E-state index contributed by atoms with van der Waals surface area (Å²) in [6, 6.07) is 0. The van der Waals surface area contributed by atoms with Crippen LogP contribution in [0.4, 0.5) is 0 Å². The van der Waals surface area contributed by atoms with Crippen molar-refractivity contribution in [2.45, 2.75) is 57.9 Å². The molecule has 0 radical (unpaired) electrons. The molecule has 3 heterocycles. The summed E-state index contributed by atoms with van der Waals surface area (Å²) in [5.74, 6) is 2.10. The molecule has 0 aromatic carbocycles. The third-order valence-corrected chi connectivity index (χ3v) is 7.56. The fourth-order valence-electron chi connectivity index (χ4n) is 3.45. The minimum Gasteiger partial charge on any atom is -0.357 e. The zero-order valence-electron chi connectivity index (χ0n) is 15.5. The Labute approximate surface area is 150 Å². The molecule has 3 rings (SSSR count). The first-order valence-corrected chi connectivity index (χ1v) is 10.8. The van der Waals surface area contributed by atoms with Crippen LogP contribution in [-0.2, 0) is 29.3 Å². The Balaban J connectivity index is 1.74. The van der Waals surface area contributed by atoms with Gasteiger partial charge < -0.3 is 14.8 Å². The van der Waals surface area contributed by atoms with Gasteiger partial charge in [-0.3, -0.25) is 0 Å². The van der Waals surface area contributed by atoms with E-state index in [1.54, 1.807) is 13.8 Å². The molecule has 8 heteroatoms. The Morgan fingerprint density at radius 3 is 2.84 bits per heavy atom. The van der Waals surface area contributed by atoms with E-state index in [0.29, 0.717) is 19.6 Å². The van der Waals surface area contributed by atoms with E-state index in [0.717, 1.165) is 37.0 Å². The second-order valence-corrected chi connectivity index (χ2v) is 10.2. The number of sulfone groups is 1. The summed E-state index contributed by atoms with van der Waals surface area (Å²) < 4.78 is 25.9. The van der Waals surface area contributed by atoms with Crippen LogP contribution in [0.3, 0.4) is 0 Å². The molecule has 1 aromatic heterocycles. The van der Waals surface area contributed by atoms with Crippen molar-refractivity contribution in [2.75, 3.05) is 25.4 Å². The first-order chi connectivity index (χ1) is 11.8. The van der Waals surface area contributed by atoms with Crippen molar-refractivity contribution in [3.05, 3.63) is 17.7 Å². The summed E-state index contributed by atoms with van der Waals surface area (Å²) in [4.78, 5) is 11.5. The van der Waals surface area contributed by atoms with Crippen molar-refractivity contribution >= 4 is 15.8 Å². The largest absolute Gasteiger partial charge is 0.357 e. The molecule has 2 aliphatic heterocycles. The monoisotopic (exact) mass is 367 g/mol. The molecule has 1 saturated heterocycles. The van der Waals surface area contributed by atoms with Gasteiger partial charge in [0.2, 0.25) is 0 Å².